The van der Waals surface area contributed by atoms with Crippen LogP contribution in [0.2, 0.25) is 0 Å². The molecule has 0 bridgehead atoms. The van der Waals surface area contributed by atoms with Crippen LogP contribution in [0, 0.1) is 6.92 Å². The van der Waals surface area contributed by atoms with Gasteiger partial charge in [-0.25, -0.2) is 0 Å². The van der Waals surface area contributed by atoms with Gasteiger partial charge in [0.1, 0.15) is 5.75 Å². The van der Waals surface area contributed by atoms with E-state index in [1.807, 2.05) is 61.1 Å². The van der Waals surface area contributed by atoms with Gasteiger partial charge in [-0.3, -0.25) is 4.79 Å². The van der Waals surface area contributed by atoms with Crippen molar-refractivity contribution in [2.24, 2.45) is 7.05 Å². The number of aryl methyl sites for hydroxylation is 2. The lowest BCUT2D eigenvalue weighted by Crippen LogP contribution is -2.15. The fourth-order valence-corrected chi connectivity index (χ4v) is 2.85. The second kappa shape index (κ2) is 6.16. The Hall–Kier alpha value is -2.75. The van der Waals surface area contributed by atoms with E-state index in [0.29, 0.717) is 17.9 Å². The number of ether oxygens (including phenoxy) is 1. The van der Waals surface area contributed by atoms with Crippen LogP contribution in [0.25, 0.3) is 10.9 Å². The Morgan fingerprint density at radius 1 is 1.22 bits per heavy atom. The smallest absolute Gasteiger partial charge is 0.228 e. The number of benzene rings is 2. The molecule has 118 valence electrons. The molecule has 0 saturated carbocycles. The third-order valence-corrected chi connectivity index (χ3v) is 3.96. The van der Waals surface area contributed by atoms with Crippen molar-refractivity contribution in [1.82, 2.24) is 4.57 Å². The monoisotopic (exact) mass is 308 g/mol. The molecule has 0 atom stereocenters. The summed E-state index contributed by atoms with van der Waals surface area (Å²) < 4.78 is 7.35. The maximum absolute atomic E-state index is 12.4. The van der Waals surface area contributed by atoms with Gasteiger partial charge in [-0.1, -0.05) is 24.3 Å². The van der Waals surface area contributed by atoms with Gasteiger partial charge in [0.25, 0.3) is 0 Å². The molecular formula is C19H20N2O2. The van der Waals surface area contributed by atoms with Gasteiger partial charge in [0.15, 0.2) is 0 Å². The Labute approximate surface area is 135 Å². The molecule has 0 radical (unpaired) electrons. The molecule has 0 aliphatic heterocycles. The van der Waals surface area contributed by atoms with E-state index in [4.69, 9.17) is 4.74 Å². The predicted octanol–water partition coefficient (Wildman–Crippen LogP) is 3.68. The Morgan fingerprint density at radius 2 is 2.00 bits per heavy atom. The number of para-hydroxylation sites is 1. The maximum Gasteiger partial charge on any atom is 0.228 e. The van der Waals surface area contributed by atoms with Crippen LogP contribution in [-0.2, 0) is 18.3 Å². The van der Waals surface area contributed by atoms with E-state index in [1.54, 1.807) is 7.11 Å². The van der Waals surface area contributed by atoms with E-state index in [1.165, 1.54) is 0 Å². The molecule has 1 amide bonds. The second-order valence-corrected chi connectivity index (χ2v) is 5.71. The molecule has 2 aromatic carbocycles. The number of anilines is 1. The molecule has 0 aliphatic rings. The number of hydrogen-bond donors (Lipinski definition) is 1. The van der Waals surface area contributed by atoms with Crippen molar-refractivity contribution in [1.29, 1.82) is 0 Å². The zero-order valence-electron chi connectivity index (χ0n) is 13.6. The van der Waals surface area contributed by atoms with Crippen LogP contribution < -0.4 is 10.1 Å². The minimum absolute atomic E-state index is 0.0507. The summed E-state index contributed by atoms with van der Waals surface area (Å²) in [5.74, 6) is 0.618. The number of carbonyl (C=O) groups is 1. The summed E-state index contributed by atoms with van der Waals surface area (Å²) >= 11 is 0. The van der Waals surface area contributed by atoms with Gasteiger partial charge < -0.3 is 14.6 Å². The number of aromatic nitrogens is 1. The van der Waals surface area contributed by atoms with Crippen LogP contribution in [0.3, 0.4) is 0 Å². The first-order valence-electron chi connectivity index (χ1n) is 7.56. The number of hydrogen-bond acceptors (Lipinski definition) is 2. The number of rotatable bonds is 4. The van der Waals surface area contributed by atoms with E-state index < -0.39 is 0 Å². The predicted molar refractivity (Wildman–Crippen MR) is 93.0 cm³/mol. The van der Waals surface area contributed by atoms with Crippen LogP contribution in [-0.4, -0.2) is 17.6 Å². The summed E-state index contributed by atoms with van der Waals surface area (Å²) in [5, 5.41) is 4.06. The minimum Gasteiger partial charge on any atom is -0.495 e. The number of nitrogens with one attached hydrogen (secondary N) is 1. The number of fused-ring (bicyclic) bond motifs is 1. The summed E-state index contributed by atoms with van der Waals surface area (Å²) in [7, 11) is 3.60. The van der Waals surface area contributed by atoms with Crippen LogP contribution >= 0.6 is 0 Å². The lowest BCUT2D eigenvalue weighted by atomic mass is 10.1. The zero-order chi connectivity index (χ0) is 16.4. The Balaban J connectivity index is 1.83. The van der Waals surface area contributed by atoms with Gasteiger partial charge in [-0.2, -0.15) is 0 Å². The highest BCUT2D eigenvalue weighted by atomic mass is 16.5. The number of nitrogens with zero attached hydrogens (tertiary/aromatic N) is 1. The summed E-state index contributed by atoms with van der Waals surface area (Å²) in [5.41, 5.74) is 3.93. The van der Waals surface area contributed by atoms with Crippen molar-refractivity contribution in [2.75, 3.05) is 12.4 Å². The van der Waals surface area contributed by atoms with E-state index in [0.717, 1.165) is 22.0 Å². The number of amides is 1. The Morgan fingerprint density at radius 3 is 2.78 bits per heavy atom. The average Bonchev–Trinajstić information content (AvgIpc) is 2.84. The largest absolute Gasteiger partial charge is 0.495 e. The summed E-state index contributed by atoms with van der Waals surface area (Å²) in [6.45, 7) is 1.99. The highest BCUT2D eigenvalue weighted by molar-refractivity contribution is 5.97. The molecule has 3 aromatic rings. The molecule has 1 aromatic heterocycles. The topological polar surface area (TPSA) is 43.3 Å². The molecule has 0 spiro atoms. The summed E-state index contributed by atoms with van der Waals surface area (Å²) in [4.78, 5) is 12.4. The first kappa shape index (κ1) is 15.2. The number of methoxy groups -OCH3 is 1. The van der Waals surface area contributed by atoms with Gasteiger partial charge in [-0.05, 0) is 36.2 Å². The third kappa shape index (κ3) is 3.06. The van der Waals surface area contributed by atoms with E-state index >= 15 is 0 Å². The van der Waals surface area contributed by atoms with Crippen molar-refractivity contribution >= 4 is 22.5 Å². The molecular weight excluding hydrogens is 288 g/mol. The van der Waals surface area contributed by atoms with Crippen molar-refractivity contribution in [3.63, 3.8) is 0 Å². The van der Waals surface area contributed by atoms with Gasteiger partial charge >= 0.3 is 0 Å². The van der Waals surface area contributed by atoms with Gasteiger partial charge in [-0.15, -0.1) is 0 Å². The van der Waals surface area contributed by atoms with E-state index in [9.17, 15) is 4.79 Å². The highest BCUT2D eigenvalue weighted by Crippen LogP contribution is 2.26. The zero-order valence-corrected chi connectivity index (χ0v) is 13.6. The van der Waals surface area contributed by atoms with Crippen molar-refractivity contribution in [3.8, 4) is 5.75 Å². The molecule has 4 heteroatoms. The lowest BCUT2D eigenvalue weighted by molar-refractivity contribution is -0.115. The SMILES string of the molecule is COc1ccc(C)cc1NC(=O)Cc1cn(C)c2ccccc12. The standard InChI is InChI=1S/C19H20N2O2/c1-13-8-9-18(23-3)16(10-13)20-19(22)11-14-12-21(2)17-7-5-4-6-15(14)17/h4-10,12H,11H2,1-3H3,(H,20,22). The minimum atomic E-state index is -0.0507. The van der Waals surface area contributed by atoms with Crippen LogP contribution in [0.4, 0.5) is 5.69 Å². The fraction of sp³-hybridized carbons (Fsp3) is 0.211. The molecule has 0 unspecified atom stereocenters. The van der Waals surface area contributed by atoms with Crippen LogP contribution in [0.1, 0.15) is 11.1 Å². The molecule has 1 N–H and O–H groups in total. The van der Waals surface area contributed by atoms with Gasteiger partial charge in [0.2, 0.25) is 5.91 Å². The quantitative estimate of drug-likeness (QED) is 0.799. The summed E-state index contributed by atoms with van der Waals surface area (Å²) in [6, 6.07) is 13.8. The first-order chi connectivity index (χ1) is 11.1. The second-order valence-electron chi connectivity index (χ2n) is 5.71. The Bertz CT molecular complexity index is 865. The molecule has 3 rings (SSSR count). The van der Waals surface area contributed by atoms with Crippen molar-refractivity contribution in [3.05, 3.63) is 59.8 Å². The lowest BCUT2D eigenvalue weighted by Gasteiger charge is -2.10. The van der Waals surface area contributed by atoms with Gasteiger partial charge in [0.05, 0.1) is 19.2 Å². The highest BCUT2D eigenvalue weighted by Gasteiger charge is 2.12. The van der Waals surface area contributed by atoms with Crippen LogP contribution in [0.5, 0.6) is 5.75 Å². The molecule has 1 heterocycles. The molecule has 0 aliphatic carbocycles. The van der Waals surface area contributed by atoms with E-state index in [-0.39, 0.29) is 5.91 Å². The van der Waals surface area contributed by atoms with Crippen LogP contribution in [0.15, 0.2) is 48.7 Å². The third-order valence-electron chi connectivity index (χ3n) is 3.96. The average molecular weight is 308 g/mol. The fourth-order valence-electron chi connectivity index (χ4n) is 2.85. The molecule has 0 fully saturated rings. The normalized spacial score (nSPS) is 10.7. The van der Waals surface area contributed by atoms with E-state index in [2.05, 4.69) is 11.4 Å². The van der Waals surface area contributed by atoms with Gasteiger partial charge in [0, 0.05) is 24.1 Å². The maximum atomic E-state index is 12.4. The van der Waals surface area contributed by atoms with Crippen molar-refractivity contribution < 1.29 is 9.53 Å². The van der Waals surface area contributed by atoms with Crippen molar-refractivity contribution in [2.45, 2.75) is 13.3 Å². The molecule has 4 nitrogen and oxygen atoms in total. The molecule has 0 saturated heterocycles. The number of carbonyl (C=O) groups excluding carboxylic acids is 1. The first-order valence-corrected chi connectivity index (χ1v) is 7.56. The summed E-state index contributed by atoms with van der Waals surface area (Å²) in [6.07, 6.45) is 2.34. The molecule has 23 heavy (non-hydrogen) atoms. The Kier molecular flexibility index (Phi) is 4.06.